The lowest BCUT2D eigenvalue weighted by atomic mass is 9.88. The Balaban J connectivity index is 2.90. The van der Waals surface area contributed by atoms with Crippen LogP contribution in [0.25, 0.3) is 0 Å². The summed E-state index contributed by atoms with van der Waals surface area (Å²) in [6.45, 7) is 8.49. The van der Waals surface area contributed by atoms with Gasteiger partial charge in [0.05, 0.1) is 14.2 Å². The first-order valence-corrected chi connectivity index (χ1v) is 5.47. The van der Waals surface area contributed by atoms with Crippen LogP contribution in [0, 0.1) is 5.41 Å². The Morgan fingerprint density at radius 1 is 1.00 bits per heavy atom. The first-order chi connectivity index (χ1) is 7.86. The van der Waals surface area contributed by atoms with Crippen molar-refractivity contribution in [2.24, 2.45) is 5.41 Å². The molecule has 1 heterocycles. The van der Waals surface area contributed by atoms with E-state index in [2.05, 4.69) is 48.0 Å². The van der Waals surface area contributed by atoms with Gasteiger partial charge in [0.15, 0.2) is 0 Å². The first kappa shape index (κ1) is 13.5. The molecule has 96 valence electrons. The molecule has 1 atom stereocenters. The molecule has 1 N–H and O–H groups in total. The average molecular weight is 240 g/mol. The molecule has 0 bridgehead atoms. The molecule has 1 aromatic rings. The van der Waals surface area contributed by atoms with Crippen molar-refractivity contribution in [1.29, 1.82) is 0 Å². The number of aromatic nitrogens is 3. The van der Waals surface area contributed by atoms with Gasteiger partial charge in [0.1, 0.15) is 0 Å². The molecular weight excluding hydrogens is 220 g/mol. The van der Waals surface area contributed by atoms with E-state index in [-0.39, 0.29) is 23.5 Å². The van der Waals surface area contributed by atoms with Gasteiger partial charge in [0.25, 0.3) is 0 Å². The van der Waals surface area contributed by atoms with Crippen molar-refractivity contribution in [2.75, 3.05) is 19.5 Å². The van der Waals surface area contributed by atoms with E-state index >= 15 is 0 Å². The fourth-order valence-electron chi connectivity index (χ4n) is 0.995. The molecule has 6 nitrogen and oxygen atoms in total. The summed E-state index contributed by atoms with van der Waals surface area (Å²) in [5.41, 5.74) is 0.104. The molecule has 1 aromatic heterocycles. The Hall–Kier alpha value is -1.59. The van der Waals surface area contributed by atoms with Crippen molar-refractivity contribution in [3.05, 3.63) is 0 Å². The predicted octanol–water partition coefficient (Wildman–Crippen LogP) is 1.74. The number of rotatable bonds is 4. The van der Waals surface area contributed by atoms with Crippen LogP contribution in [0.15, 0.2) is 0 Å². The van der Waals surface area contributed by atoms with Gasteiger partial charge in [0, 0.05) is 6.04 Å². The van der Waals surface area contributed by atoms with E-state index in [1.54, 1.807) is 0 Å². The number of methoxy groups -OCH3 is 2. The Morgan fingerprint density at radius 2 is 1.47 bits per heavy atom. The average Bonchev–Trinajstić information content (AvgIpc) is 2.27. The zero-order chi connectivity index (χ0) is 13.1. The van der Waals surface area contributed by atoms with Crippen molar-refractivity contribution < 1.29 is 9.47 Å². The summed E-state index contributed by atoms with van der Waals surface area (Å²) in [5.74, 6) is 0.455. The highest BCUT2D eigenvalue weighted by atomic mass is 16.5. The highest BCUT2D eigenvalue weighted by Crippen LogP contribution is 2.22. The molecule has 0 aliphatic heterocycles. The Labute approximate surface area is 102 Å². The summed E-state index contributed by atoms with van der Waals surface area (Å²) in [6, 6.07) is 0.681. The number of ether oxygens (including phenoxy) is 2. The zero-order valence-electron chi connectivity index (χ0n) is 11.2. The van der Waals surface area contributed by atoms with Crippen molar-refractivity contribution in [3.8, 4) is 12.0 Å². The molecule has 0 aliphatic carbocycles. The van der Waals surface area contributed by atoms with Gasteiger partial charge in [0.2, 0.25) is 5.95 Å². The van der Waals surface area contributed by atoms with E-state index < -0.39 is 0 Å². The minimum atomic E-state index is 0.104. The maximum atomic E-state index is 4.98. The SMILES string of the molecule is COc1nc(NC(C)C(C)(C)C)nc(OC)n1. The van der Waals surface area contributed by atoms with Crippen molar-refractivity contribution in [1.82, 2.24) is 15.0 Å². The molecule has 0 aromatic carbocycles. The maximum Gasteiger partial charge on any atom is 0.324 e. The van der Waals surface area contributed by atoms with E-state index in [0.717, 1.165) is 0 Å². The van der Waals surface area contributed by atoms with Crippen LogP contribution < -0.4 is 14.8 Å². The molecule has 1 rings (SSSR count). The van der Waals surface area contributed by atoms with E-state index in [1.807, 2.05) is 0 Å². The van der Waals surface area contributed by atoms with Gasteiger partial charge in [-0.2, -0.15) is 9.97 Å². The molecule has 17 heavy (non-hydrogen) atoms. The summed E-state index contributed by atoms with van der Waals surface area (Å²) in [4.78, 5) is 12.2. The Bertz CT molecular complexity index is 354. The molecular formula is C11H20N4O2. The third kappa shape index (κ3) is 3.72. The smallest absolute Gasteiger partial charge is 0.324 e. The van der Waals surface area contributed by atoms with Gasteiger partial charge in [-0.15, -0.1) is 4.98 Å². The second-order valence-corrected chi connectivity index (χ2v) is 4.86. The number of nitrogens with zero attached hydrogens (tertiary/aromatic N) is 3. The lowest BCUT2D eigenvalue weighted by molar-refractivity contribution is 0.335. The van der Waals surface area contributed by atoms with Gasteiger partial charge in [-0.3, -0.25) is 0 Å². The monoisotopic (exact) mass is 240 g/mol. The highest BCUT2D eigenvalue weighted by Gasteiger charge is 2.21. The second kappa shape index (κ2) is 5.16. The maximum absolute atomic E-state index is 4.98. The zero-order valence-corrected chi connectivity index (χ0v) is 11.2. The van der Waals surface area contributed by atoms with Crippen LogP contribution in [0.2, 0.25) is 0 Å². The van der Waals surface area contributed by atoms with Crippen LogP contribution >= 0.6 is 0 Å². The molecule has 6 heteroatoms. The third-order valence-corrected chi connectivity index (χ3v) is 2.60. The largest absolute Gasteiger partial charge is 0.467 e. The fourth-order valence-corrected chi connectivity index (χ4v) is 0.995. The van der Waals surface area contributed by atoms with Gasteiger partial charge in [-0.1, -0.05) is 20.8 Å². The summed E-state index contributed by atoms with van der Waals surface area (Å²) < 4.78 is 9.96. The minimum Gasteiger partial charge on any atom is -0.467 e. The summed E-state index contributed by atoms with van der Waals surface area (Å²) >= 11 is 0. The number of hydrogen-bond acceptors (Lipinski definition) is 6. The van der Waals surface area contributed by atoms with Crippen LogP contribution in [0.5, 0.6) is 12.0 Å². The van der Waals surface area contributed by atoms with Crippen molar-refractivity contribution in [2.45, 2.75) is 33.7 Å². The van der Waals surface area contributed by atoms with Crippen LogP contribution in [0.1, 0.15) is 27.7 Å². The number of anilines is 1. The van der Waals surface area contributed by atoms with Gasteiger partial charge < -0.3 is 14.8 Å². The third-order valence-electron chi connectivity index (χ3n) is 2.60. The van der Waals surface area contributed by atoms with Gasteiger partial charge >= 0.3 is 12.0 Å². The second-order valence-electron chi connectivity index (χ2n) is 4.86. The topological polar surface area (TPSA) is 69.2 Å². The lowest BCUT2D eigenvalue weighted by Crippen LogP contribution is -2.31. The van der Waals surface area contributed by atoms with Crippen molar-refractivity contribution in [3.63, 3.8) is 0 Å². The number of hydrogen-bond donors (Lipinski definition) is 1. The van der Waals surface area contributed by atoms with E-state index in [9.17, 15) is 0 Å². The first-order valence-electron chi connectivity index (χ1n) is 5.47. The van der Waals surface area contributed by atoms with Crippen LogP contribution in [0.4, 0.5) is 5.95 Å². The Morgan fingerprint density at radius 3 is 1.82 bits per heavy atom. The van der Waals surface area contributed by atoms with Gasteiger partial charge in [-0.05, 0) is 12.3 Å². The molecule has 0 radical (unpaired) electrons. The predicted molar refractivity (Wildman–Crippen MR) is 65.5 cm³/mol. The molecule has 0 spiro atoms. The van der Waals surface area contributed by atoms with Crippen LogP contribution in [-0.2, 0) is 0 Å². The Kier molecular flexibility index (Phi) is 4.09. The quantitative estimate of drug-likeness (QED) is 0.864. The van der Waals surface area contributed by atoms with Crippen LogP contribution in [0.3, 0.4) is 0 Å². The van der Waals surface area contributed by atoms with Gasteiger partial charge in [-0.25, -0.2) is 0 Å². The lowest BCUT2D eigenvalue weighted by Gasteiger charge is -2.27. The number of nitrogens with one attached hydrogen (secondary N) is 1. The van der Waals surface area contributed by atoms with E-state index in [4.69, 9.17) is 9.47 Å². The molecule has 0 aliphatic rings. The fraction of sp³-hybridized carbons (Fsp3) is 0.727. The molecule has 1 unspecified atom stereocenters. The molecule has 0 saturated carbocycles. The van der Waals surface area contributed by atoms with E-state index in [0.29, 0.717) is 5.95 Å². The molecule has 0 amide bonds. The highest BCUT2D eigenvalue weighted by molar-refractivity contribution is 5.29. The summed E-state index contributed by atoms with van der Waals surface area (Å²) in [5, 5.41) is 3.21. The summed E-state index contributed by atoms with van der Waals surface area (Å²) in [6.07, 6.45) is 0. The standard InChI is InChI=1S/C11H20N4O2/c1-7(11(2,3)4)12-8-13-9(16-5)15-10(14-8)17-6/h7H,1-6H3,(H,12,13,14,15). The molecule has 0 fully saturated rings. The normalized spacial score (nSPS) is 13.1. The van der Waals surface area contributed by atoms with Crippen LogP contribution in [-0.4, -0.2) is 35.2 Å². The van der Waals surface area contributed by atoms with E-state index in [1.165, 1.54) is 14.2 Å². The summed E-state index contributed by atoms with van der Waals surface area (Å²) in [7, 11) is 3.01. The minimum absolute atomic E-state index is 0.104. The molecule has 0 saturated heterocycles. The van der Waals surface area contributed by atoms with Crippen molar-refractivity contribution >= 4 is 5.95 Å².